The highest BCUT2D eigenvalue weighted by Gasteiger charge is 2.22. The number of hydrogen-bond acceptors (Lipinski definition) is 6. The molecule has 0 radical (unpaired) electrons. The second-order valence-corrected chi connectivity index (χ2v) is 6.32. The van der Waals surface area contributed by atoms with Crippen molar-refractivity contribution in [3.8, 4) is 22.8 Å². The average molecular weight is 354 g/mol. The van der Waals surface area contributed by atoms with E-state index in [4.69, 9.17) is 14.9 Å². The van der Waals surface area contributed by atoms with Gasteiger partial charge in [-0.3, -0.25) is 0 Å². The van der Waals surface area contributed by atoms with Crippen LogP contribution in [0.3, 0.4) is 0 Å². The van der Waals surface area contributed by atoms with Gasteiger partial charge in [0.05, 0.1) is 18.8 Å². The molecule has 3 rings (SSSR count). The van der Waals surface area contributed by atoms with E-state index in [1.54, 1.807) is 6.26 Å². The molecule has 0 aliphatic heterocycles. The first-order valence-corrected chi connectivity index (χ1v) is 8.38. The van der Waals surface area contributed by atoms with Crippen LogP contribution in [0.15, 0.2) is 65.6 Å². The first kappa shape index (κ1) is 18.1. The fourth-order valence-corrected chi connectivity index (χ4v) is 2.51. The summed E-state index contributed by atoms with van der Waals surface area (Å²) < 4.78 is 10.8. The van der Waals surface area contributed by atoms with E-state index in [1.165, 1.54) is 6.39 Å². The van der Waals surface area contributed by atoms with Crippen LogP contribution in [0.4, 0.5) is 0 Å². The van der Waals surface area contributed by atoms with Crippen molar-refractivity contribution in [2.75, 3.05) is 13.2 Å². The SMILES string of the molecule is NC(CO)(CO)CCc1ccc(Oc2ccc(-c3cocn3)cc2)cc1. The van der Waals surface area contributed by atoms with Crippen LogP contribution in [-0.2, 0) is 6.42 Å². The highest BCUT2D eigenvalue weighted by atomic mass is 16.5. The van der Waals surface area contributed by atoms with Crippen LogP contribution >= 0.6 is 0 Å². The zero-order chi connectivity index (χ0) is 18.4. The first-order chi connectivity index (χ1) is 12.6. The molecule has 0 atom stereocenters. The van der Waals surface area contributed by atoms with Crippen LogP contribution in [0.1, 0.15) is 12.0 Å². The molecule has 0 unspecified atom stereocenters. The molecular weight excluding hydrogens is 332 g/mol. The number of ether oxygens (including phenoxy) is 1. The van der Waals surface area contributed by atoms with Gasteiger partial charge in [0, 0.05) is 5.56 Å². The number of oxazole rings is 1. The molecule has 0 amide bonds. The maximum atomic E-state index is 9.24. The van der Waals surface area contributed by atoms with Crippen molar-refractivity contribution in [1.82, 2.24) is 4.98 Å². The van der Waals surface area contributed by atoms with Gasteiger partial charge in [-0.15, -0.1) is 0 Å². The topological polar surface area (TPSA) is 102 Å². The van der Waals surface area contributed by atoms with E-state index in [1.807, 2.05) is 48.5 Å². The number of nitrogens with two attached hydrogens (primary N) is 1. The van der Waals surface area contributed by atoms with E-state index < -0.39 is 5.54 Å². The summed E-state index contributed by atoms with van der Waals surface area (Å²) in [5.41, 5.74) is 7.75. The smallest absolute Gasteiger partial charge is 0.181 e. The van der Waals surface area contributed by atoms with E-state index in [2.05, 4.69) is 4.98 Å². The molecule has 2 aromatic carbocycles. The molecule has 0 spiro atoms. The van der Waals surface area contributed by atoms with Gasteiger partial charge in [0.1, 0.15) is 23.5 Å². The molecule has 26 heavy (non-hydrogen) atoms. The molecule has 0 saturated heterocycles. The predicted molar refractivity (Wildman–Crippen MR) is 97.9 cm³/mol. The van der Waals surface area contributed by atoms with Crippen LogP contribution in [0.25, 0.3) is 11.3 Å². The number of aliphatic hydroxyl groups is 2. The summed E-state index contributed by atoms with van der Waals surface area (Å²) in [5, 5.41) is 18.5. The molecule has 0 aliphatic rings. The molecule has 6 heteroatoms. The van der Waals surface area contributed by atoms with Crippen LogP contribution in [-0.4, -0.2) is 33.9 Å². The van der Waals surface area contributed by atoms with Crippen molar-refractivity contribution in [2.45, 2.75) is 18.4 Å². The summed E-state index contributed by atoms with van der Waals surface area (Å²) in [6, 6.07) is 15.3. The summed E-state index contributed by atoms with van der Waals surface area (Å²) >= 11 is 0. The molecule has 1 aromatic heterocycles. The van der Waals surface area contributed by atoms with Gasteiger partial charge in [-0.25, -0.2) is 4.98 Å². The Bertz CT molecular complexity index is 795. The number of nitrogens with zero attached hydrogens (tertiary/aromatic N) is 1. The molecule has 4 N–H and O–H groups in total. The minimum absolute atomic E-state index is 0.241. The number of aromatic nitrogens is 1. The molecule has 0 fully saturated rings. The Labute approximate surface area is 151 Å². The maximum absolute atomic E-state index is 9.24. The van der Waals surface area contributed by atoms with Crippen LogP contribution in [0.2, 0.25) is 0 Å². The Kier molecular flexibility index (Phi) is 5.68. The Balaban J connectivity index is 1.59. The number of aliphatic hydroxyl groups excluding tert-OH is 2. The van der Waals surface area contributed by atoms with E-state index in [0.717, 1.165) is 28.3 Å². The van der Waals surface area contributed by atoms with E-state index in [-0.39, 0.29) is 13.2 Å². The average Bonchev–Trinajstić information content (AvgIpc) is 3.23. The number of aryl methyl sites for hydroxylation is 1. The van der Waals surface area contributed by atoms with Gasteiger partial charge in [0.2, 0.25) is 0 Å². The Morgan fingerprint density at radius 1 is 0.962 bits per heavy atom. The van der Waals surface area contributed by atoms with Gasteiger partial charge in [-0.1, -0.05) is 12.1 Å². The van der Waals surface area contributed by atoms with Crippen molar-refractivity contribution in [3.63, 3.8) is 0 Å². The number of hydrogen-bond donors (Lipinski definition) is 3. The Morgan fingerprint density at radius 3 is 2.12 bits per heavy atom. The highest BCUT2D eigenvalue weighted by molar-refractivity contribution is 5.58. The van der Waals surface area contributed by atoms with Crippen molar-refractivity contribution < 1.29 is 19.4 Å². The van der Waals surface area contributed by atoms with E-state index in [0.29, 0.717) is 12.8 Å². The summed E-state index contributed by atoms with van der Waals surface area (Å²) in [5.74, 6) is 1.46. The summed E-state index contributed by atoms with van der Waals surface area (Å²) in [7, 11) is 0. The molecule has 0 saturated carbocycles. The number of rotatable bonds is 8. The monoisotopic (exact) mass is 354 g/mol. The maximum Gasteiger partial charge on any atom is 0.181 e. The largest absolute Gasteiger partial charge is 0.457 e. The second kappa shape index (κ2) is 8.14. The minimum atomic E-state index is -0.944. The Hall–Kier alpha value is -2.67. The van der Waals surface area contributed by atoms with Crippen LogP contribution in [0, 0.1) is 0 Å². The van der Waals surface area contributed by atoms with E-state index >= 15 is 0 Å². The summed E-state index contributed by atoms with van der Waals surface area (Å²) in [6.45, 7) is -0.482. The fraction of sp³-hybridized carbons (Fsp3) is 0.250. The van der Waals surface area contributed by atoms with Gasteiger partial charge in [0.15, 0.2) is 6.39 Å². The van der Waals surface area contributed by atoms with E-state index in [9.17, 15) is 10.2 Å². The normalized spacial score (nSPS) is 11.5. The summed E-state index contributed by atoms with van der Waals surface area (Å²) in [4.78, 5) is 4.11. The van der Waals surface area contributed by atoms with Crippen molar-refractivity contribution >= 4 is 0 Å². The van der Waals surface area contributed by atoms with Gasteiger partial charge in [-0.2, -0.15) is 0 Å². The lowest BCUT2D eigenvalue weighted by molar-refractivity contribution is 0.115. The molecule has 3 aromatic rings. The molecule has 0 aliphatic carbocycles. The third kappa shape index (κ3) is 4.49. The highest BCUT2D eigenvalue weighted by Crippen LogP contribution is 2.25. The lowest BCUT2D eigenvalue weighted by Gasteiger charge is -2.24. The van der Waals surface area contributed by atoms with Gasteiger partial charge >= 0.3 is 0 Å². The van der Waals surface area contributed by atoms with Gasteiger partial charge in [0.25, 0.3) is 0 Å². The third-order valence-corrected chi connectivity index (χ3v) is 4.28. The molecule has 136 valence electrons. The number of benzene rings is 2. The summed E-state index contributed by atoms with van der Waals surface area (Å²) in [6.07, 6.45) is 4.17. The van der Waals surface area contributed by atoms with Crippen LogP contribution < -0.4 is 10.5 Å². The van der Waals surface area contributed by atoms with Crippen LogP contribution in [0.5, 0.6) is 11.5 Å². The fourth-order valence-electron chi connectivity index (χ4n) is 2.51. The Morgan fingerprint density at radius 2 is 1.58 bits per heavy atom. The molecular formula is C20H22N2O4. The third-order valence-electron chi connectivity index (χ3n) is 4.28. The van der Waals surface area contributed by atoms with Gasteiger partial charge in [-0.05, 0) is 54.8 Å². The van der Waals surface area contributed by atoms with Crippen molar-refractivity contribution in [2.24, 2.45) is 5.73 Å². The minimum Gasteiger partial charge on any atom is -0.457 e. The quantitative estimate of drug-likeness (QED) is 0.575. The van der Waals surface area contributed by atoms with Crippen molar-refractivity contribution in [1.29, 1.82) is 0 Å². The lowest BCUT2D eigenvalue weighted by atomic mass is 9.94. The molecule has 1 heterocycles. The zero-order valence-electron chi connectivity index (χ0n) is 14.3. The molecule has 6 nitrogen and oxygen atoms in total. The first-order valence-electron chi connectivity index (χ1n) is 8.38. The predicted octanol–water partition coefficient (Wildman–Crippen LogP) is 2.75. The second-order valence-electron chi connectivity index (χ2n) is 6.32. The zero-order valence-corrected chi connectivity index (χ0v) is 14.3. The molecule has 0 bridgehead atoms. The standard InChI is InChI=1S/C20H22N2O4/c21-20(12-23,13-24)10-9-15-1-5-17(6-2-15)26-18-7-3-16(4-8-18)19-11-25-14-22-19/h1-8,11,14,23-24H,9-10,12-13,21H2. The van der Waals surface area contributed by atoms with Gasteiger partial charge < -0.3 is 25.1 Å². The lowest BCUT2D eigenvalue weighted by Crippen LogP contribution is -2.47. The van der Waals surface area contributed by atoms with Crippen molar-refractivity contribution in [3.05, 3.63) is 66.8 Å².